The molecule has 0 saturated carbocycles. The second-order valence-corrected chi connectivity index (χ2v) is 3.76. The molecule has 0 aliphatic carbocycles. The van der Waals surface area contributed by atoms with E-state index in [1.165, 1.54) is 25.7 Å². The minimum atomic E-state index is 0.745. The molecular formula is C11H22. The highest BCUT2D eigenvalue weighted by Gasteiger charge is 2.07. The van der Waals surface area contributed by atoms with Crippen LogP contribution in [0.25, 0.3) is 0 Å². The average molecular weight is 154 g/mol. The highest BCUT2D eigenvalue weighted by atomic mass is 14.1. The van der Waals surface area contributed by atoms with Gasteiger partial charge < -0.3 is 0 Å². The smallest absolute Gasteiger partial charge is 0.0173 e. The lowest BCUT2D eigenvalue weighted by Gasteiger charge is -2.15. The second-order valence-electron chi connectivity index (χ2n) is 3.76. The van der Waals surface area contributed by atoms with Gasteiger partial charge in [0.25, 0.3) is 0 Å². The van der Waals surface area contributed by atoms with Crippen molar-refractivity contribution in [2.45, 2.75) is 53.4 Å². The molecule has 0 aromatic carbocycles. The van der Waals surface area contributed by atoms with Crippen LogP contribution in [-0.2, 0) is 0 Å². The van der Waals surface area contributed by atoms with Gasteiger partial charge in [-0.05, 0) is 31.1 Å². The SMILES string of the molecule is C[C]C(CCCC)CC(C)C. The van der Waals surface area contributed by atoms with Gasteiger partial charge in [-0.1, -0.05) is 40.5 Å². The van der Waals surface area contributed by atoms with Crippen LogP contribution in [0, 0.1) is 18.3 Å². The van der Waals surface area contributed by atoms with Crippen molar-refractivity contribution in [1.82, 2.24) is 0 Å². The Labute approximate surface area is 72.4 Å². The minimum Gasteiger partial charge on any atom is -0.0654 e. The molecule has 1 unspecified atom stereocenters. The van der Waals surface area contributed by atoms with Crippen molar-refractivity contribution < 1.29 is 0 Å². The second kappa shape index (κ2) is 6.69. The third-order valence-corrected chi connectivity index (χ3v) is 2.07. The summed E-state index contributed by atoms with van der Waals surface area (Å²) in [7, 11) is 0. The number of hydrogen-bond acceptors (Lipinski definition) is 0. The predicted molar refractivity (Wildman–Crippen MR) is 51.4 cm³/mol. The normalized spacial score (nSPS) is 13.9. The van der Waals surface area contributed by atoms with Gasteiger partial charge in [-0.15, -0.1) is 0 Å². The molecule has 11 heavy (non-hydrogen) atoms. The highest BCUT2D eigenvalue weighted by Crippen LogP contribution is 2.19. The van der Waals surface area contributed by atoms with Crippen molar-refractivity contribution in [1.29, 1.82) is 0 Å². The summed E-state index contributed by atoms with van der Waals surface area (Å²) in [5.74, 6) is 1.57. The maximum atomic E-state index is 3.37. The minimum absolute atomic E-state index is 0.745. The standard InChI is InChI=1S/C11H22/c1-5-7-8-11(6-2)9-10(3)4/h10-11H,5,7-9H2,1-4H3. The van der Waals surface area contributed by atoms with Gasteiger partial charge in [0.15, 0.2) is 0 Å². The summed E-state index contributed by atoms with van der Waals surface area (Å²) in [5, 5.41) is 0. The Hall–Kier alpha value is 0. The van der Waals surface area contributed by atoms with Crippen molar-refractivity contribution in [2.75, 3.05) is 0 Å². The molecule has 0 nitrogen and oxygen atoms in total. The molecule has 0 N–H and O–H groups in total. The van der Waals surface area contributed by atoms with Gasteiger partial charge in [-0.25, -0.2) is 0 Å². The van der Waals surface area contributed by atoms with Crippen molar-refractivity contribution >= 4 is 0 Å². The lowest BCUT2D eigenvalue weighted by atomic mass is 9.90. The maximum absolute atomic E-state index is 3.37. The Morgan fingerprint density at radius 2 is 1.91 bits per heavy atom. The van der Waals surface area contributed by atoms with Crippen molar-refractivity contribution in [3.63, 3.8) is 0 Å². The van der Waals surface area contributed by atoms with E-state index in [-0.39, 0.29) is 0 Å². The summed E-state index contributed by atoms with van der Waals surface area (Å²) >= 11 is 0. The summed E-state index contributed by atoms with van der Waals surface area (Å²) in [4.78, 5) is 0. The van der Waals surface area contributed by atoms with Gasteiger partial charge in [-0.3, -0.25) is 0 Å². The summed E-state index contributed by atoms with van der Waals surface area (Å²) in [5.41, 5.74) is 0. The fourth-order valence-electron chi connectivity index (χ4n) is 1.40. The summed E-state index contributed by atoms with van der Waals surface area (Å²) in [6.07, 6.45) is 8.70. The monoisotopic (exact) mass is 154 g/mol. The van der Waals surface area contributed by atoms with E-state index in [9.17, 15) is 0 Å². The molecule has 2 radical (unpaired) electrons. The molecule has 66 valence electrons. The first-order chi connectivity index (χ1) is 5.20. The van der Waals surface area contributed by atoms with Crippen LogP contribution in [0.15, 0.2) is 0 Å². The molecule has 1 atom stereocenters. The van der Waals surface area contributed by atoms with Crippen molar-refractivity contribution in [3.05, 3.63) is 6.42 Å². The average Bonchev–Trinajstić information content (AvgIpc) is 1.97. The summed E-state index contributed by atoms with van der Waals surface area (Å²) in [6, 6.07) is 0. The van der Waals surface area contributed by atoms with Gasteiger partial charge in [0.2, 0.25) is 0 Å². The van der Waals surface area contributed by atoms with Crippen LogP contribution < -0.4 is 0 Å². The van der Waals surface area contributed by atoms with Crippen molar-refractivity contribution in [2.24, 2.45) is 11.8 Å². The molecule has 0 bridgehead atoms. The van der Waals surface area contributed by atoms with Crippen LogP contribution in [0.5, 0.6) is 0 Å². The zero-order valence-electron chi connectivity index (χ0n) is 8.48. The third kappa shape index (κ3) is 6.40. The molecule has 0 spiro atoms. The first-order valence-electron chi connectivity index (χ1n) is 4.88. The Kier molecular flexibility index (Phi) is 6.69. The van der Waals surface area contributed by atoms with E-state index in [2.05, 4.69) is 34.1 Å². The van der Waals surface area contributed by atoms with E-state index in [0.29, 0.717) is 0 Å². The Balaban J connectivity index is 3.41. The molecule has 0 rings (SSSR count). The molecule has 0 fully saturated rings. The number of hydrogen-bond donors (Lipinski definition) is 0. The topological polar surface area (TPSA) is 0 Å². The van der Waals surface area contributed by atoms with Crippen LogP contribution in [0.3, 0.4) is 0 Å². The van der Waals surface area contributed by atoms with Gasteiger partial charge in [-0.2, -0.15) is 0 Å². The van der Waals surface area contributed by atoms with Gasteiger partial charge in [0, 0.05) is 0 Å². The van der Waals surface area contributed by atoms with Gasteiger partial charge in [0.05, 0.1) is 0 Å². The molecule has 0 aromatic heterocycles. The zero-order valence-corrected chi connectivity index (χ0v) is 8.48. The van der Waals surface area contributed by atoms with E-state index in [1.54, 1.807) is 0 Å². The van der Waals surface area contributed by atoms with Crippen LogP contribution >= 0.6 is 0 Å². The number of unbranched alkanes of at least 4 members (excludes halogenated alkanes) is 1. The van der Waals surface area contributed by atoms with Gasteiger partial charge >= 0.3 is 0 Å². The van der Waals surface area contributed by atoms with Gasteiger partial charge in [0.1, 0.15) is 0 Å². The molecule has 0 aliphatic heterocycles. The molecule has 0 aromatic rings. The van der Waals surface area contributed by atoms with E-state index in [4.69, 9.17) is 0 Å². The number of rotatable bonds is 6. The van der Waals surface area contributed by atoms with Crippen LogP contribution in [0.1, 0.15) is 53.4 Å². The highest BCUT2D eigenvalue weighted by molar-refractivity contribution is 4.72. The first-order valence-corrected chi connectivity index (χ1v) is 4.88. The zero-order chi connectivity index (χ0) is 8.69. The van der Waals surface area contributed by atoms with E-state index < -0.39 is 0 Å². The molecule has 0 saturated heterocycles. The Bertz CT molecular complexity index is 74.1. The molecule has 0 amide bonds. The Morgan fingerprint density at radius 3 is 2.27 bits per heavy atom. The molecule has 0 aliphatic rings. The molecular weight excluding hydrogens is 132 g/mol. The summed E-state index contributed by atoms with van der Waals surface area (Å²) in [6.45, 7) is 8.90. The predicted octanol–water partition coefficient (Wildman–Crippen LogP) is 3.94. The largest absolute Gasteiger partial charge is 0.0654 e. The van der Waals surface area contributed by atoms with E-state index in [0.717, 1.165) is 11.8 Å². The fraction of sp³-hybridized carbons (Fsp3) is 0.909. The lowest BCUT2D eigenvalue weighted by molar-refractivity contribution is 0.418. The Morgan fingerprint density at radius 1 is 1.27 bits per heavy atom. The molecule has 0 heterocycles. The first kappa shape index (κ1) is 11.0. The maximum Gasteiger partial charge on any atom is -0.0173 e. The van der Waals surface area contributed by atoms with Crippen molar-refractivity contribution in [3.8, 4) is 0 Å². The summed E-state index contributed by atoms with van der Waals surface area (Å²) < 4.78 is 0. The van der Waals surface area contributed by atoms with E-state index >= 15 is 0 Å². The van der Waals surface area contributed by atoms with Crippen LogP contribution in [0.2, 0.25) is 0 Å². The quantitative estimate of drug-likeness (QED) is 0.543. The van der Waals surface area contributed by atoms with E-state index in [1.807, 2.05) is 0 Å². The third-order valence-electron chi connectivity index (χ3n) is 2.07. The van der Waals surface area contributed by atoms with Crippen LogP contribution in [-0.4, -0.2) is 0 Å². The molecule has 0 heteroatoms. The lowest BCUT2D eigenvalue weighted by Crippen LogP contribution is -2.03. The van der Waals surface area contributed by atoms with Crippen LogP contribution in [0.4, 0.5) is 0 Å². The fourth-order valence-corrected chi connectivity index (χ4v) is 1.40.